The van der Waals surface area contributed by atoms with Gasteiger partial charge in [-0.3, -0.25) is 19.7 Å². The van der Waals surface area contributed by atoms with E-state index in [1.807, 2.05) is 6.07 Å². The highest BCUT2D eigenvalue weighted by atomic mass is 35.5. The van der Waals surface area contributed by atoms with Crippen molar-refractivity contribution in [2.75, 3.05) is 0 Å². The summed E-state index contributed by atoms with van der Waals surface area (Å²) >= 11 is 6.31. The standard InChI is InChI=1S/C25H18ClFN4O3/c26-19-6-1-2-7-21(19)31-25(33)24-20(29-31)13-23(32)30(14-17-5-3-4-12-28-17)22(24)15-34-18-10-8-16(27)9-11-18/h1-13,29H,14-15H2. The number of benzene rings is 2. The summed E-state index contributed by atoms with van der Waals surface area (Å²) in [4.78, 5) is 30.9. The third-order valence-electron chi connectivity index (χ3n) is 5.40. The molecule has 2 aromatic carbocycles. The zero-order valence-electron chi connectivity index (χ0n) is 17.7. The van der Waals surface area contributed by atoms with Crippen molar-refractivity contribution < 1.29 is 9.13 Å². The summed E-state index contributed by atoms with van der Waals surface area (Å²) in [5, 5.41) is 3.65. The Hall–Kier alpha value is -4.17. The number of H-pyrrole nitrogens is 1. The van der Waals surface area contributed by atoms with E-state index in [9.17, 15) is 14.0 Å². The number of nitrogens with one attached hydrogen (secondary N) is 1. The maximum atomic E-state index is 13.5. The third kappa shape index (κ3) is 4.11. The predicted octanol–water partition coefficient (Wildman–Crippen LogP) is 4.30. The smallest absolute Gasteiger partial charge is 0.281 e. The Morgan fingerprint density at radius 3 is 2.50 bits per heavy atom. The molecule has 170 valence electrons. The molecule has 0 aliphatic rings. The zero-order valence-corrected chi connectivity index (χ0v) is 18.5. The highest BCUT2D eigenvalue weighted by molar-refractivity contribution is 6.32. The Balaban J connectivity index is 1.68. The summed E-state index contributed by atoms with van der Waals surface area (Å²) in [6.07, 6.45) is 1.63. The van der Waals surface area contributed by atoms with Crippen LogP contribution in [0.2, 0.25) is 5.02 Å². The van der Waals surface area contributed by atoms with Crippen LogP contribution in [0.15, 0.2) is 88.6 Å². The fraction of sp³-hybridized carbons (Fsp3) is 0.0800. The van der Waals surface area contributed by atoms with Crippen LogP contribution in [0, 0.1) is 5.82 Å². The number of fused-ring (bicyclic) bond motifs is 1. The fourth-order valence-electron chi connectivity index (χ4n) is 3.77. The maximum absolute atomic E-state index is 13.5. The number of pyridine rings is 2. The second-order valence-corrected chi connectivity index (χ2v) is 7.98. The summed E-state index contributed by atoms with van der Waals surface area (Å²) in [6, 6.07) is 19.2. The maximum Gasteiger partial charge on any atom is 0.281 e. The minimum atomic E-state index is -0.394. The van der Waals surface area contributed by atoms with Crippen LogP contribution < -0.4 is 15.9 Å². The number of para-hydroxylation sites is 1. The zero-order chi connectivity index (χ0) is 23.7. The lowest BCUT2D eigenvalue weighted by Gasteiger charge is -2.14. The van der Waals surface area contributed by atoms with E-state index < -0.39 is 5.82 Å². The van der Waals surface area contributed by atoms with E-state index in [1.54, 1.807) is 42.6 Å². The van der Waals surface area contributed by atoms with Gasteiger partial charge in [0.25, 0.3) is 11.1 Å². The number of ether oxygens (including phenoxy) is 1. The molecule has 0 radical (unpaired) electrons. The lowest BCUT2D eigenvalue weighted by atomic mass is 10.2. The second-order valence-electron chi connectivity index (χ2n) is 7.57. The molecule has 3 aromatic heterocycles. The lowest BCUT2D eigenvalue weighted by molar-refractivity contribution is 0.295. The Labute approximate surface area is 197 Å². The summed E-state index contributed by atoms with van der Waals surface area (Å²) in [5.41, 5.74) is 1.11. The second kappa shape index (κ2) is 8.99. The molecular formula is C25H18ClFN4O3. The van der Waals surface area contributed by atoms with E-state index in [4.69, 9.17) is 16.3 Å². The van der Waals surface area contributed by atoms with E-state index in [1.165, 1.54) is 39.6 Å². The number of hydrogen-bond acceptors (Lipinski definition) is 4. The van der Waals surface area contributed by atoms with E-state index in [0.717, 1.165) is 0 Å². The number of halogens is 2. The van der Waals surface area contributed by atoms with Crippen LogP contribution in [0.3, 0.4) is 0 Å². The molecule has 34 heavy (non-hydrogen) atoms. The van der Waals surface area contributed by atoms with Gasteiger partial charge >= 0.3 is 0 Å². The quantitative estimate of drug-likeness (QED) is 0.396. The minimum Gasteiger partial charge on any atom is -0.487 e. The van der Waals surface area contributed by atoms with Crippen molar-refractivity contribution in [3.63, 3.8) is 0 Å². The fourth-order valence-corrected chi connectivity index (χ4v) is 3.99. The molecule has 0 spiro atoms. The average Bonchev–Trinajstić information content (AvgIpc) is 3.16. The van der Waals surface area contributed by atoms with Crippen LogP contribution in [-0.4, -0.2) is 19.3 Å². The Morgan fingerprint density at radius 1 is 1.00 bits per heavy atom. The van der Waals surface area contributed by atoms with E-state index in [-0.39, 0.29) is 29.7 Å². The van der Waals surface area contributed by atoms with Crippen molar-refractivity contribution in [3.8, 4) is 11.4 Å². The van der Waals surface area contributed by atoms with Crippen LogP contribution >= 0.6 is 11.6 Å². The molecule has 0 saturated heterocycles. The largest absolute Gasteiger partial charge is 0.487 e. The van der Waals surface area contributed by atoms with Crippen LogP contribution in [-0.2, 0) is 13.2 Å². The molecule has 5 aromatic rings. The summed E-state index contributed by atoms with van der Waals surface area (Å²) in [5.74, 6) is 0.00646. The summed E-state index contributed by atoms with van der Waals surface area (Å²) in [7, 11) is 0. The normalized spacial score (nSPS) is 11.1. The summed E-state index contributed by atoms with van der Waals surface area (Å²) < 4.78 is 21.9. The predicted molar refractivity (Wildman–Crippen MR) is 127 cm³/mol. The van der Waals surface area contributed by atoms with Gasteiger partial charge in [-0.2, -0.15) is 0 Å². The van der Waals surface area contributed by atoms with E-state index in [2.05, 4.69) is 10.1 Å². The van der Waals surface area contributed by atoms with Gasteiger partial charge < -0.3 is 9.30 Å². The Kier molecular flexibility index (Phi) is 5.73. The van der Waals surface area contributed by atoms with Crippen LogP contribution in [0.4, 0.5) is 4.39 Å². The molecular weight excluding hydrogens is 459 g/mol. The number of hydrogen-bond donors (Lipinski definition) is 1. The molecule has 0 aliphatic carbocycles. The van der Waals surface area contributed by atoms with Gasteiger partial charge in [0.1, 0.15) is 18.2 Å². The molecule has 3 heterocycles. The molecule has 0 fully saturated rings. The molecule has 0 bridgehead atoms. The molecule has 0 aliphatic heterocycles. The average molecular weight is 477 g/mol. The Bertz CT molecular complexity index is 1590. The van der Waals surface area contributed by atoms with Gasteiger partial charge in [-0.1, -0.05) is 29.8 Å². The number of aromatic nitrogens is 4. The number of nitrogens with zero attached hydrogens (tertiary/aromatic N) is 3. The number of rotatable bonds is 6. The van der Waals surface area contributed by atoms with Crippen molar-refractivity contribution in [2.45, 2.75) is 13.2 Å². The van der Waals surface area contributed by atoms with Crippen LogP contribution in [0.25, 0.3) is 16.6 Å². The topological polar surface area (TPSA) is 81.9 Å². The van der Waals surface area contributed by atoms with Crippen molar-refractivity contribution >= 4 is 22.5 Å². The first-order chi connectivity index (χ1) is 16.5. The molecule has 0 amide bonds. The van der Waals surface area contributed by atoms with Crippen LogP contribution in [0.1, 0.15) is 11.4 Å². The Morgan fingerprint density at radius 2 is 1.76 bits per heavy atom. The molecule has 9 heteroatoms. The van der Waals surface area contributed by atoms with Crippen molar-refractivity contribution in [2.24, 2.45) is 0 Å². The summed E-state index contributed by atoms with van der Waals surface area (Å²) in [6.45, 7) is 0.0507. The van der Waals surface area contributed by atoms with Crippen molar-refractivity contribution in [3.05, 3.63) is 122 Å². The van der Waals surface area contributed by atoms with E-state index >= 15 is 0 Å². The van der Waals surface area contributed by atoms with Crippen molar-refractivity contribution in [1.29, 1.82) is 0 Å². The molecule has 7 nitrogen and oxygen atoms in total. The molecule has 0 atom stereocenters. The number of aromatic amines is 1. The lowest BCUT2D eigenvalue weighted by Crippen LogP contribution is -2.26. The van der Waals surface area contributed by atoms with Crippen LogP contribution in [0.5, 0.6) is 5.75 Å². The molecule has 0 unspecified atom stereocenters. The van der Waals surface area contributed by atoms with Gasteiger partial charge in [0, 0.05) is 12.3 Å². The molecule has 0 saturated carbocycles. The third-order valence-corrected chi connectivity index (χ3v) is 5.72. The van der Waals surface area contributed by atoms with E-state index in [0.29, 0.717) is 33.4 Å². The van der Waals surface area contributed by atoms with Gasteiger partial charge in [-0.25, -0.2) is 9.07 Å². The van der Waals surface area contributed by atoms with Gasteiger partial charge in [-0.05, 0) is 48.5 Å². The molecule has 5 rings (SSSR count). The monoisotopic (exact) mass is 476 g/mol. The SMILES string of the molecule is O=c1c2c(COc3ccc(F)cc3)n(Cc3ccccn3)c(=O)cc2[nH]n1-c1ccccc1Cl. The van der Waals surface area contributed by atoms with Gasteiger partial charge in [0.2, 0.25) is 0 Å². The van der Waals surface area contributed by atoms with Gasteiger partial charge in [-0.15, -0.1) is 0 Å². The minimum absolute atomic E-state index is 0.0966. The van der Waals surface area contributed by atoms with Crippen molar-refractivity contribution in [1.82, 2.24) is 19.3 Å². The first-order valence-electron chi connectivity index (χ1n) is 10.4. The first-order valence-corrected chi connectivity index (χ1v) is 10.8. The van der Waals surface area contributed by atoms with Gasteiger partial charge in [0.15, 0.2) is 0 Å². The highest BCUT2D eigenvalue weighted by Crippen LogP contribution is 2.22. The first kappa shape index (κ1) is 21.7. The molecule has 1 N–H and O–H groups in total. The van der Waals surface area contributed by atoms with Gasteiger partial charge in [0.05, 0.1) is 39.5 Å². The highest BCUT2D eigenvalue weighted by Gasteiger charge is 2.20.